The van der Waals surface area contributed by atoms with Crippen LogP contribution >= 0.6 is 15.9 Å². The molecule has 1 aromatic rings. The summed E-state index contributed by atoms with van der Waals surface area (Å²) in [5.41, 5.74) is 0.858. The van der Waals surface area contributed by atoms with Gasteiger partial charge in [0.2, 0.25) is 10.0 Å². The number of benzene rings is 1. The van der Waals surface area contributed by atoms with E-state index in [4.69, 9.17) is 0 Å². The molecule has 1 saturated carbocycles. The highest BCUT2D eigenvalue weighted by atomic mass is 79.9. The van der Waals surface area contributed by atoms with E-state index in [-0.39, 0.29) is 17.7 Å². The quantitative estimate of drug-likeness (QED) is 0.829. The molecular formula is C14H17BrF3NO2S. The fourth-order valence-corrected chi connectivity index (χ4v) is 5.25. The van der Waals surface area contributed by atoms with E-state index in [9.17, 15) is 21.6 Å². The van der Waals surface area contributed by atoms with Crippen LogP contribution in [0.4, 0.5) is 13.2 Å². The highest BCUT2D eigenvalue weighted by molar-refractivity contribution is 9.10. The first-order valence-corrected chi connectivity index (χ1v) is 9.24. The van der Waals surface area contributed by atoms with Gasteiger partial charge in [0.15, 0.2) is 0 Å². The van der Waals surface area contributed by atoms with Gasteiger partial charge < -0.3 is 0 Å². The molecule has 0 amide bonds. The van der Waals surface area contributed by atoms with E-state index in [1.807, 2.05) is 0 Å². The van der Waals surface area contributed by atoms with Crippen molar-refractivity contribution in [3.05, 3.63) is 28.2 Å². The van der Waals surface area contributed by atoms with Crippen LogP contribution in [0.1, 0.15) is 31.2 Å². The minimum Gasteiger partial charge on any atom is -0.207 e. The van der Waals surface area contributed by atoms with E-state index >= 15 is 0 Å². The molecule has 1 fully saturated rings. The molecule has 0 spiro atoms. The molecule has 2 atom stereocenters. The zero-order valence-corrected chi connectivity index (χ0v) is 14.4. The predicted molar refractivity (Wildman–Crippen MR) is 81.0 cm³/mol. The second-order valence-corrected chi connectivity index (χ2v) is 8.13. The molecule has 2 rings (SSSR count). The van der Waals surface area contributed by atoms with Crippen LogP contribution in [0.2, 0.25) is 0 Å². The summed E-state index contributed by atoms with van der Waals surface area (Å²) in [4.78, 5) is -0.0374. The summed E-state index contributed by atoms with van der Waals surface area (Å²) >= 11 is 3.16. The molecule has 0 unspecified atom stereocenters. The van der Waals surface area contributed by atoms with Crippen LogP contribution in [0.5, 0.6) is 0 Å². The highest BCUT2D eigenvalue weighted by Crippen LogP contribution is 2.38. The van der Waals surface area contributed by atoms with Crippen molar-refractivity contribution >= 4 is 26.0 Å². The van der Waals surface area contributed by atoms with Gasteiger partial charge in [0.05, 0.1) is 10.8 Å². The second kappa shape index (κ2) is 6.49. The predicted octanol–water partition coefficient (Wildman–Crippen LogP) is 4.16. The fraction of sp³-hybridized carbons (Fsp3) is 0.571. The molecule has 1 aliphatic rings. The number of rotatable bonds is 3. The molecule has 1 aromatic carbocycles. The molecule has 3 nitrogen and oxygen atoms in total. The number of halogens is 4. The lowest BCUT2D eigenvalue weighted by Gasteiger charge is -2.33. The largest absolute Gasteiger partial charge is 0.393 e. The lowest BCUT2D eigenvalue weighted by atomic mass is 9.85. The van der Waals surface area contributed by atoms with E-state index in [2.05, 4.69) is 20.7 Å². The third kappa shape index (κ3) is 4.02. The maximum absolute atomic E-state index is 13.1. The first kappa shape index (κ1) is 17.7. The Hall–Kier alpha value is -0.600. The SMILES string of the molecule is Cc1ccc(S(=O)(=O)N[C@@H]2CCCC[C@@H]2C(F)(F)F)c(Br)c1. The zero-order chi connectivity index (χ0) is 16.5. The Kier molecular flexibility index (Phi) is 5.23. The van der Waals surface area contributed by atoms with Crippen molar-refractivity contribution in [2.24, 2.45) is 5.92 Å². The topological polar surface area (TPSA) is 46.2 Å². The molecule has 0 heterocycles. The Labute approximate surface area is 136 Å². The van der Waals surface area contributed by atoms with Crippen LogP contribution in [0.25, 0.3) is 0 Å². The summed E-state index contributed by atoms with van der Waals surface area (Å²) in [7, 11) is -4.00. The van der Waals surface area contributed by atoms with Gasteiger partial charge in [-0.05, 0) is 53.4 Å². The lowest BCUT2D eigenvalue weighted by molar-refractivity contribution is -0.187. The lowest BCUT2D eigenvalue weighted by Crippen LogP contribution is -2.47. The number of sulfonamides is 1. The van der Waals surface area contributed by atoms with Gasteiger partial charge in [0, 0.05) is 10.5 Å². The molecule has 1 N–H and O–H groups in total. The van der Waals surface area contributed by atoms with E-state index in [1.54, 1.807) is 19.1 Å². The van der Waals surface area contributed by atoms with Crippen LogP contribution < -0.4 is 4.72 Å². The molecule has 0 aromatic heterocycles. The summed E-state index contributed by atoms with van der Waals surface area (Å²) in [5.74, 6) is -1.62. The molecule has 124 valence electrons. The van der Waals surface area contributed by atoms with Gasteiger partial charge in [-0.25, -0.2) is 13.1 Å². The third-order valence-electron chi connectivity index (χ3n) is 3.87. The Bertz CT molecular complexity index is 646. The van der Waals surface area contributed by atoms with Crippen LogP contribution in [0.15, 0.2) is 27.6 Å². The average molecular weight is 400 g/mol. The maximum Gasteiger partial charge on any atom is 0.393 e. The van der Waals surface area contributed by atoms with Crippen molar-refractivity contribution in [2.75, 3.05) is 0 Å². The summed E-state index contributed by atoms with van der Waals surface area (Å²) in [6.07, 6.45) is -3.16. The Morgan fingerprint density at radius 2 is 1.86 bits per heavy atom. The monoisotopic (exact) mass is 399 g/mol. The van der Waals surface area contributed by atoms with Crippen molar-refractivity contribution in [1.29, 1.82) is 0 Å². The fourth-order valence-electron chi connectivity index (χ4n) is 2.75. The van der Waals surface area contributed by atoms with Crippen molar-refractivity contribution in [2.45, 2.75) is 49.7 Å². The maximum atomic E-state index is 13.1. The van der Waals surface area contributed by atoms with Gasteiger partial charge in [-0.15, -0.1) is 0 Å². The summed E-state index contributed by atoms with van der Waals surface area (Å²) in [6.45, 7) is 1.80. The Balaban J connectivity index is 2.27. The highest BCUT2D eigenvalue weighted by Gasteiger charge is 2.46. The van der Waals surface area contributed by atoms with Crippen molar-refractivity contribution < 1.29 is 21.6 Å². The molecule has 0 radical (unpaired) electrons. The van der Waals surface area contributed by atoms with Crippen molar-refractivity contribution in [3.63, 3.8) is 0 Å². The van der Waals surface area contributed by atoms with E-state index in [0.717, 1.165) is 5.56 Å². The van der Waals surface area contributed by atoms with Gasteiger partial charge in [-0.1, -0.05) is 18.9 Å². The minimum absolute atomic E-state index is 0.0360. The number of nitrogens with one attached hydrogen (secondary N) is 1. The molecule has 0 saturated heterocycles. The van der Waals surface area contributed by atoms with Crippen LogP contribution in [0, 0.1) is 12.8 Å². The molecule has 1 aliphatic carbocycles. The van der Waals surface area contributed by atoms with Crippen LogP contribution in [-0.2, 0) is 10.0 Å². The van der Waals surface area contributed by atoms with Crippen molar-refractivity contribution in [3.8, 4) is 0 Å². The summed E-state index contributed by atoms with van der Waals surface area (Å²) < 4.78 is 66.6. The first-order chi connectivity index (χ1) is 10.1. The normalized spacial score (nSPS) is 23.5. The summed E-state index contributed by atoms with van der Waals surface area (Å²) in [5, 5.41) is 0. The van der Waals surface area contributed by atoms with Crippen LogP contribution in [-0.4, -0.2) is 20.6 Å². The van der Waals surface area contributed by atoms with Gasteiger partial charge >= 0.3 is 6.18 Å². The first-order valence-electron chi connectivity index (χ1n) is 6.96. The number of hydrogen-bond acceptors (Lipinski definition) is 2. The van der Waals surface area contributed by atoms with Gasteiger partial charge in [0.25, 0.3) is 0 Å². The van der Waals surface area contributed by atoms with E-state index < -0.39 is 28.2 Å². The van der Waals surface area contributed by atoms with Gasteiger partial charge in [-0.2, -0.15) is 13.2 Å². The van der Waals surface area contributed by atoms with Crippen molar-refractivity contribution in [1.82, 2.24) is 4.72 Å². The molecule has 0 aliphatic heterocycles. The minimum atomic E-state index is -4.39. The zero-order valence-electron chi connectivity index (χ0n) is 12.0. The van der Waals surface area contributed by atoms with E-state index in [0.29, 0.717) is 17.3 Å². The third-order valence-corrected chi connectivity index (χ3v) is 6.34. The van der Waals surface area contributed by atoms with Crippen LogP contribution in [0.3, 0.4) is 0 Å². The molecule has 0 bridgehead atoms. The number of hydrogen-bond donors (Lipinski definition) is 1. The van der Waals surface area contributed by atoms with E-state index in [1.165, 1.54) is 6.07 Å². The van der Waals surface area contributed by atoms with Gasteiger partial charge in [-0.3, -0.25) is 0 Å². The molecule has 8 heteroatoms. The van der Waals surface area contributed by atoms with Gasteiger partial charge in [0.1, 0.15) is 0 Å². The molecule has 22 heavy (non-hydrogen) atoms. The Morgan fingerprint density at radius 3 is 2.45 bits per heavy atom. The summed E-state index contributed by atoms with van der Waals surface area (Å²) in [6, 6.07) is 3.53. The number of aryl methyl sites for hydroxylation is 1. The smallest absolute Gasteiger partial charge is 0.207 e. The Morgan fingerprint density at radius 1 is 1.23 bits per heavy atom. The number of alkyl halides is 3. The second-order valence-electron chi connectivity index (χ2n) is 5.59. The standard InChI is InChI=1S/C14H17BrF3NO2S/c1-9-6-7-13(11(15)8-9)22(20,21)19-12-5-3-2-4-10(12)14(16,17)18/h6-8,10,12,19H,2-5H2,1H3/t10-,12+/m0/s1. The average Bonchev–Trinajstić information content (AvgIpc) is 2.36. The molecular weight excluding hydrogens is 383 g/mol.